The second-order valence-electron chi connectivity index (χ2n) is 5.07. The Morgan fingerprint density at radius 2 is 2.31 bits per heavy atom. The van der Waals surface area contributed by atoms with Crippen molar-refractivity contribution in [3.05, 3.63) is 11.7 Å². The number of hydrogen-bond donors (Lipinski definition) is 1. The largest absolute Gasteiger partial charge is 0.339 e. The van der Waals surface area contributed by atoms with Gasteiger partial charge in [0.2, 0.25) is 5.89 Å². The average Bonchev–Trinajstić information content (AvgIpc) is 2.85. The first kappa shape index (κ1) is 11.6. The Kier molecular flexibility index (Phi) is 3.28. The van der Waals surface area contributed by atoms with Gasteiger partial charge < -0.3 is 9.84 Å². The Hall–Kier alpha value is -0.900. The van der Waals surface area contributed by atoms with E-state index in [1.165, 1.54) is 0 Å². The van der Waals surface area contributed by atoms with Crippen molar-refractivity contribution >= 4 is 0 Å². The maximum absolute atomic E-state index is 5.46. The zero-order valence-corrected chi connectivity index (χ0v) is 10.4. The molecule has 2 rings (SSSR count). The Morgan fingerprint density at radius 1 is 1.50 bits per heavy atom. The van der Waals surface area contributed by atoms with Gasteiger partial charge >= 0.3 is 0 Å². The fourth-order valence-electron chi connectivity index (χ4n) is 2.41. The molecule has 16 heavy (non-hydrogen) atoms. The van der Waals surface area contributed by atoms with Crippen molar-refractivity contribution < 1.29 is 4.52 Å². The summed E-state index contributed by atoms with van der Waals surface area (Å²) in [5.74, 6) is 2.01. The molecule has 1 N–H and O–H groups in total. The zero-order valence-electron chi connectivity index (χ0n) is 10.4. The van der Waals surface area contributed by atoms with Gasteiger partial charge in [-0.2, -0.15) is 4.98 Å². The highest BCUT2D eigenvalue weighted by Gasteiger charge is 2.40. The summed E-state index contributed by atoms with van der Waals surface area (Å²) in [6.45, 7) is 8.42. The lowest BCUT2D eigenvalue weighted by Gasteiger charge is -2.22. The predicted octanol–water partition coefficient (Wildman–Crippen LogP) is 2.22. The summed E-state index contributed by atoms with van der Waals surface area (Å²) in [5.41, 5.74) is 0.0922. The summed E-state index contributed by atoms with van der Waals surface area (Å²) in [6.07, 6.45) is 3.39. The molecule has 1 aliphatic heterocycles. The fraction of sp³-hybridized carbons (Fsp3) is 0.833. The summed E-state index contributed by atoms with van der Waals surface area (Å²) >= 11 is 0. The van der Waals surface area contributed by atoms with Gasteiger partial charge in [-0.05, 0) is 19.4 Å². The Bertz CT molecular complexity index is 340. The van der Waals surface area contributed by atoms with Crippen LogP contribution in [0.2, 0.25) is 0 Å². The third-order valence-electron chi connectivity index (χ3n) is 3.38. The number of hydrogen-bond acceptors (Lipinski definition) is 4. The Morgan fingerprint density at radius 3 is 2.81 bits per heavy atom. The maximum Gasteiger partial charge on any atom is 0.234 e. The number of rotatable bonds is 4. The highest BCUT2D eigenvalue weighted by molar-refractivity contribution is 5.10. The van der Waals surface area contributed by atoms with E-state index >= 15 is 0 Å². The number of nitrogens with one attached hydrogen (secondary N) is 1. The van der Waals surface area contributed by atoms with E-state index in [9.17, 15) is 0 Å². The molecule has 1 fully saturated rings. The second kappa shape index (κ2) is 4.53. The van der Waals surface area contributed by atoms with Gasteiger partial charge in [-0.25, -0.2) is 0 Å². The molecule has 1 aliphatic rings. The first-order chi connectivity index (χ1) is 7.68. The highest BCUT2D eigenvalue weighted by atomic mass is 16.5. The fourth-order valence-corrected chi connectivity index (χ4v) is 2.41. The molecule has 0 aliphatic carbocycles. The molecule has 1 unspecified atom stereocenters. The lowest BCUT2D eigenvalue weighted by Crippen LogP contribution is -2.29. The van der Waals surface area contributed by atoms with Crippen LogP contribution in [0, 0.1) is 0 Å². The second-order valence-corrected chi connectivity index (χ2v) is 5.07. The molecule has 1 saturated heterocycles. The molecule has 0 aromatic carbocycles. The van der Waals surface area contributed by atoms with Gasteiger partial charge in [0.25, 0.3) is 0 Å². The Labute approximate surface area is 96.8 Å². The van der Waals surface area contributed by atoms with E-state index in [1.807, 2.05) is 0 Å². The summed E-state index contributed by atoms with van der Waals surface area (Å²) in [4.78, 5) is 4.56. The molecule has 1 aromatic rings. The standard InChI is InChI=1S/C12H21N3O/c1-4-5-12(6-7-13-8-12)11-14-10(9(2)3)15-16-11/h9,13H,4-8H2,1-3H3. The van der Waals surface area contributed by atoms with Crippen LogP contribution in [0.15, 0.2) is 4.52 Å². The van der Waals surface area contributed by atoms with Crippen LogP contribution < -0.4 is 5.32 Å². The minimum absolute atomic E-state index is 0.0922. The molecule has 1 atom stereocenters. The van der Waals surface area contributed by atoms with Crippen molar-refractivity contribution in [2.75, 3.05) is 13.1 Å². The van der Waals surface area contributed by atoms with Gasteiger partial charge in [0, 0.05) is 12.5 Å². The van der Waals surface area contributed by atoms with E-state index in [0.29, 0.717) is 5.92 Å². The molecule has 0 saturated carbocycles. The monoisotopic (exact) mass is 223 g/mol. The highest BCUT2D eigenvalue weighted by Crippen LogP contribution is 2.34. The van der Waals surface area contributed by atoms with Crippen LogP contribution in [-0.4, -0.2) is 23.2 Å². The summed E-state index contributed by atoms with van der Waals surface area (Å²) in [7, 11) is 0. The quantitative estimate of drug-likeness (QED) is 0.850. The van der Waals surface area contributed by atoms with Crippen molar-refractivity contribution in [3.63, 3.8) is 0 Å². The molecule has 4 heteroatoms. The van der Waals surface area contributed by atoms with Crippen LogP contribution in [0.1, 0.15) is 57.7 Å². The molecule has 2 heterocycles. The van der Waals surface area contributed by atoms with Crippen molar-refractivity contribution in [2.45, 2.75) is 51.4 Å². The van der Waals surface area contributed by atoms with E-state index in [2.05, 4.69) is 36.2 Å². The van der Waals surface area contributed by atoms with Gasteiger partial charge in [-0.15, -0.1) is 0 Å². The maximum atomic E-state index is 5.46. The van der Waals surface area contributed by atoms with Crippen molar-refractivity contribution in [2.24, 2.45) is 0 Å². The first-order valence-electron chi connectivity index (χ1n) is 6.23. The molecule has 4 nitrogen and oxygen atoms in total. The van der Waals surface area contributed by atoms with E-state index in [1.54, 1.807) is 0 Å². The number of nitrogens with zero attached hydrogens (tertiary/aromatic N) is 2. The molecular weight excluding hydrogens is 202 g/mol. The van der Waals surface area contributed by atoms with E-state index in [4.69, 9.17) is 4.52 Å². The smallest absolute Gasteiger partial charge is 0.234 e. The van der Waals surface area contributed by atoms with Crippen LogP contribution in [0.3, 0.4) is 0 Å². The van der Waals surface area contributed by atoms with Crippen molar-refractivity contribution in [1.29, 1.82) is 0 Å². The lowest BCUT2D eigenvalue weighted by atomic mass is 9.82. The molecule has 0 amide bonds. The van der Waals surface area contributed by atoms with Crippen molar-refractivity contribution in [1.82, 2.24) is 15.5 Å². The van der Waals surface area contributed by atoms with Crippen LogP contribution >= 0.6 is 0 Å². The topological polar surface area (TPSA) is 51.0 Å². The first-order valence-corrected chi connectivity index (χ1v) is 6.23. The number of aromatic nitrogens is 2. The minimum Gasteiger partial charge on any atom is -0.339 e. The average molecular weight is 223 g/mol. The third-order valence-corrected chi connectivity index (χ3v) is 3.38. The van der Waals surface area contributed by atoms with E-state index in [0.717, 1.165) is 44.1 Å². The van der Waals surface area contributed by atoms with Crippen molar-refractivity contribution in [3.8, 4) is 0 Å². The van der Waals surface area contributed by atoms with Gasteiger partial charge in [-0.3, -0.25) is 0 Å². The normalized spacial score (nSPS) is 25.5. The lowest BCUT2D eigenvalue weighted by molar-refractivity contribution is 0.275. The summed E-state index contributed by atoms with van der Waals surface area (Å²) < 4.78 is 5.46. The SMILES string of the molecule is CCCC1(c2nc(C(C)C)no2)CCNC1. The van der Waals surface area contributed by atoms with Crippen LogP contribution in [0.25, 0.3) is 0 Å². The minimum atomic E-state index is 0.0922. The third kappa shape index (κ3) is 1.98. The van der Waals surface area contributed by atoms with Crippen LogP contribution in [-0.2, 0) is 5.41 Å². The van der Waals surface area contributed by atoms with Gasteiger partial charge in [0.05, 0.1) is 5.41 Å². The predicted molar refractivity (Wildman–Crippen MR) is 62.5 cm³/mol. The van der Waals surface area contributed by atoms with Crippen LogP contribution in [0.4, 0.5) is 0 Å². The van der Waals surface area contributed by atoms with Gasteiger partial charge in [0.1, 0.15) is 0 Å². The molecule has 0 radical (unpaired) electrons. The molecular formula is C12H21N3O. The Balaban J connectivity index is 2.24. The summed E-state index contributed by atoms with van der Waals surface area (Å²) in [5, 5.41) is 7.48. The molecule has 1 aromatic heterocycles. The zero-order chi connectivity index (χ0) is 11.6. The van der Waals surface area contributed by atoms with Crippen LogP contribution in [0.5, 0.6) is 0 Å². The summed E-state index contributed by atoms with van der Waals surface area (Å²) in [6, 6.07) is 0. The van der Waals surface area contributed by atoms with E-state index in [-0.39, 0.29) is 5.41 Å². The molecule has 0 spiro atoms. The molecule has 90 valence electrons. The van der Waals surface area contributed by atoms with Gasteiger partial charge in [0.15, 0.2) is 5.82 Å². The van der Waals surface area contributed by atoms with Gasteiger partial charge in [-0.1, -0.05) is 32.3 Å². The van der Waals surface area contributed by atoms with E-state index < -0.39 is 0 Å². The molecule has 0 bridgehead atoms.